The standard InChI is InChI=1S/C6H12.2C5H10Se.C5H10.C4H8Se2.C4H8Se.7C4H10.C3H6Se2/c3*1-2-4-6-5-3-1;1-2-4-5-3-1;1-2-6-4-3-5-1;1-2-4-5-3-1;7*1-4(2)3;1-2-5-3-4-1/h1-6H2;2*1-5H2;1-5H2;1-4H2;1-4H2;7*4H,1-3H3;1-3H2. The summed E-state index contributed by atoms with van der Waals surface area (Å²) < 4.78 is 1.62. The first-order chi connectivity index (χ1) is 31.6. The van der Waals surface area contributed by atoms with Crippen molar-refractivity contribution in [1.29, 1.82) is 0 Å². The minimum Gasteiger partial charge on any atom is -0.0630 e. The zero-order valence-electron chi connectivity index (χ0n) is 50.5. The smallest absolute Gasteiger partial charge is 0.0500 e. The maximum atomic E-state index is 2.17. The summed E-state index contributed by atoms with van der Waals surface area (Å²) in [7, 11) is 0. The Morgan fingerprint density at radius 3 is 0.328 bits per heavy atom. The van der Waals surface area contributed by atoms with E-state index in [-0.39, 0.29) is 0 Å². The molecule has 0 aromatic rings. The molecule has 7 rings (SSSR count). The Hall–Kier alpha value is 3.64. The molecule has 5 heterocycles. The molecule has 67 heavy (non-hydrogen) atoms. The minimum atomic E-state index is 0.833. The quantitative estimate of drug-likeness (QED) is 0.212. The van der Waals surface area contributed by atoms with Crippen LogP contribution in [0.4, 0.5) is 0 Å². The predicted molar refractivity (Wildman–Crippen MR) is 334 cm³/mol. The first kappa shape index (κ1) is 84.6. The molecule has 0 aromatic heterocycles. The third kappa shape index (κ3) is 175. The zero-order chi connectivity index (χ0) is 52.6. The van der Waals surface area contributed by atoms with Crippen LogP contribution in [0.5, 0.6) is 0 Å². The second kappa shape index (κ2) is 81.0. The molecule has 0 amide bonds. The van der Waals surface area contributed by atoms with E-state index in [1.165, 1.54) is 122 Å². The molecule has 7 aliphatic rings. The van der Waals surface area contributed by atoms with Gasteiger partial charge in [-0.15, -0.1) is 0 Å². The minimum absolute atomic E-state index is 0.833. The van der Waals surface area contributed by atoms with Crippen molar-refractivity contribution in [1.82, 2.24) is 0 Å². The third-order valence-corrected chi connectivity index (χ3v) is 28.7. The summed E-state index contributed by atoms with van der Waals surface area (Å²) in [5.74, 6) is 5.83. The van der Waals surface area contributed by atoms with Gasteiger partial charge < -0.3 is 0 Å². The normalized spacial score (nSPS) is 17.7. The molecule has 5 aliphatic heterocycles. The molecule has 7 fully saturated rings. The fourth-order valence-corrected chi connectivity index (χ4v) is 25.6. The summed E-state index contributed by atoms with van der Waals surface area (Å²) in [4.78, 5) is 0. The third-order valence-electron chi connectivity index (χ3n) is 7.01. The molecular formula is C60H134Se7. The van der Waals surface area contributed by atoms with Crippen LogP contribution in [0.15, 0.2) is 0 Å². The maximum Gasteiger partial charge on any atom is -0.0500 e. The van der Waals surface area contributed by atoms with Crippen LogP contribution in [0.25, 0.3) is 0 Å². The topological polar surface area (TPSA) is 0 Å². The van der Waals surface area contributed by atoms with Crippen molar-refractivity contribution < 1.29 is 0 Å². The van der Waals surface area contributed by atoms with Crippen LogP contribution in [0.1, 0.15) is 267 Å². The summed E-state index contributed by atoms with van der Waals surface area (Å²) in [6.07, 6.45) is 28.7. The second-order valence-corrected chi connectivity index (χ2v) is 42.2. The number of hydrogen-bond acceptors (Lipinski definition) is 0. The molecule has 2 saturated carbocycles. The van der Waals surface area contributed by atoms with E-state index in [1.54, 1.807) is 68.0 Å². The van der Waals surface area contributed by atoms with Gasteiger partial charge in [-0.05, 0) is 41.4 Å². The second-order valence-electron chi connectivity index (χ2n) is 22.8. The van der Waals surface area contributed by atoms with Crippen LogP contribution in [0, 0.1) is 41.4 Å². The molecule has 0 unspecified atom stereocenters. The van der Waals surface area contributed by atoms with Crippen molar-refractivity contribution in [2.75, 3.05) is 0 Å². The molecule has 0 nitrogen and oxygen atoms in total. The van der Waals surface area contributed by atoms with Gasteiger partial charge in [-0.1, -0.05) is 216 Å². The SMILES string of the molecule is C1CCCC1.C1CCCCC1.C1CC[Se]C1.C1CC[Se]CC1.C1CC[Se]CC1.C1C[Se]CC[Se]1.C1C[Se]C[Se]1.CC(C)C.CC(C)C.CC(C)C.CC(C)C.CC(C)C.CC(C)C.CC(C)C. The molecule has 0 aromatic carbocycles. The average Bonchev–Trinajstić information content (AvgIpc) is 4.12. The van der Waals surface area contributed by atoms with Gasteiger partial charge in [0.2, 0.25) is 0 Å². The van der Waals surface area contributed by atoms with E-state index in [0.717, 1.165) is 146 Å². The van der Waals surface area contributed by atoms with Crippen LogP contribution >= 0.6 is 0 Å². The fourth-order valence-electron chi connectivity index (χ4n) is 4.56. The van der Waals surface area contributed by atoms with Gasteiger partial charge in [0.15, 0.2) is 0 Å². The van der Waals surface area contributed by atoms with Gasteiger partial charge >= 0.3 is 224 Å². The van der Waals surface area contributed by atoms with Crippen LogP contribution in [-0.2, 0) is 0 Å². The van der Waals surface area contributed by atoms with Crippen LogP contribution in [0.3, 0.4) is 0 Å². The molecule has 416 valence electrons. The Morgan fingerprint density at radius 1 is 0.149 bits per heavy atom. The summed E-state index contributed by atoms with van der Waals surface area (Å²) >= 11 is 7.51. The molecule has 0 N–H and O–H groups in total. The molecule has 0 bridgehead atoms. The average molecular weight is 1410 g/mol. The Morgan fingerprint density at radius 2 is 0.254 bits per heavy atom. The maximum absolute atomic E-state index is 2.17. The molecular weight excluding hydrogens is 1270 g/mol. The van der Waals surface area contributed by atoms with E-state index >= 15 is 0 Å². The largest absolute Gasteiger partial charge is 0.0630 e. The Bertz CT molecular complexity index is 480. The number of rotatable bonds is 0. The van der Waals surface area contributed by atoms with Crippen LogP contribution < -0.4 is 0 Å². The summed E-state index contributed by atoms with van der Waals surface area (Å²) in [6.45, 7) is 45.5. The summed E-state index contributed by atoms with van der Waals surface area (Å²) in [5, 5.41) is 18.9. The molecule has 0 radical (unpaired) electrons. The van der Waals surface area contributed by atoms with Gasteiger partial charge in [0, 0.05) is 0 Å². The Balaban J connectivity index is -0.000000116. The fraction of sp³-hybridized carbons (Fsp3) is 1.00. The summed E-state index contributed by atoms with van der Waals surface area (Å²) in [5.41, 5.74) is 0. The van der Waals surface area contributed by atoms with E-state index in [4.69, 9.17) is 0 Å². The van der Waals surface area contributed by atoms with E-state index < -0.39 is 0 Å². The van der Waals surface area contributed by atoms with Crippen LogP contribution in [0.2, 0.25) is 68.0 Å². The van der Waals surface area contributed by atoms with E-state index in [9.17, 15) is 0 Å². The number of hydrogen-bond donors (Lipinski definition) is 0. The van der Waals surface area contributed by atoms with Gasteiger partial charge in [-0.2, -0.15) is 0 Å². The zero-order valence-corrected chi connectivity index (χ0v) is 62.5. The monoisotopic (exact) mass is 1410 g/mol. The molecule has 7 heteroatoms. The van der Waals surface area contributed by atoms with Crippen molar-refractivity contribution in [3.63, 3.8) is 0 Å². The van der Waals surface area contributed by atoms with Gasteiger partial charge in [0.25, 0.3) is 0 Å². The van der Waals surface area contributed by atoms with E-state index in [2.05, 4.69) is 145 Å². The molecule has 0 spiro atoms. The first-order valence-electron chi connectivity index (χ1n) is 28.7. The van der Waals surface area contributed by atoms with Crippen molar-refractivity contribution in [3.8, 4) is 0 Å². The molecule has 0 atom stereocenters. The van der Waals surface area contributed by atoms with Crippen molar-refractivity contribution in [2.24, 2.45) is 41.4 Å². The molecule has 5 saturated heterocycles. The van der Waals surface area contributed by atoms with Gasteiger partial charge in [-0.3, -0.25) is 0 Å². The van der Waals surface area contributed by atoms with E-state index in [1.807, 2.05) is 0 Å². The Kier molecular flexibility index (Phi) is 102. The van der Waals surface area contributed by atoms with Gasteiger partial charge in [-0.25, -0.2) is 0 Å². The van der Waals surface area contributed by atoms with Gasteiger partial charge in [0.05, 0.1) is 0 Å². The molecule has 2 aliphatic carbocycles. The predicted octanol–water partition coefficient (Wildman–Crippen LogP) is 22.4. The van der Waals surface area contributed by atoms with Crippen molar-refractivity contribution >= 4 is 105 Å². The summed E-state index contributed by atoms with van der Waals surface area (Å²) in [6, 6.07) is 0. The van der Waals surface area contributed by atoms with Crippen LogP contribution in [-0.4, -0.2) is 105 Å². The van der Waals surface area contributed by atoms with E-state index in [0.29, 0.717) is 0 Å². The van der Waals surface area contributed by atoms with Gasteiger partial charge in [0.1, 0.15) is 0 Å². The first-order valence-corrected chi connectivity index (χ1v) is 45.6. The van der Waals surface area contributed by atoms with Crippen molar-refractivity contribution in [2.45, 2.75) is 335 Å². The Labute approximate surface area is 476 Å². The van der Waals surface area contributed by atoms with Crippen molar-refractivity contribution in [3.05, 3.63) is 0 Å².